The number of rotatable bonds is 4. The molecule has 0 unspecified atom stereocenters. The van der Waals surface area contributed by atoms with Gasteiger partial charge in [-0.25, -0.2) is 4.79 Å². The number of benzene rings is 1. The molecule has 1 aliphatic heterocycles. The predicted octanol–water partition coefficient (Wildman–Crippen LogP) is 1.74. The van der Waals surface area contributed by atoms with E-state index in [9.17, 15) is 14.4 Å². The summed E-state index contributed by atoms with van der Waals surface area (Å²) in [5.41, 5.74) is 0.449. The Balaban J connectivity index is 1.45. The molecule has 4 amide bonds. The van der Waals surface area contributed by atoms with Crippen molar-refractivity contribution in [3.63, 3.8) is 0 Å². The largest absolute Gasteiger partial charge is 0.336 e. The molecule has 140 valence electrons. The second-order valence-electron chi connectivity index (χ2n) is 6.52. The van der Waals surface area contributed by atoms with Gasteiger partial charge in [0.25, 0.3) is 5.91 Å². The van der Waals surface area contributed by atoms with E-state index in [0.29, 0.717) is 41.8 Å². The maximum absolute atomic E-state index is 12.5. The Hall–Kier alpha value is -1.83. The monoisotopic (exact) mass is 398 g/mol. The topological polar surface area (TPSA) is 81.8 Å². The van der Waals surface area contributed by atoms with E-state index in [-0.39, 0.29) is 24.4 Å². The maximum Gasteiger partial charge on any atom is 0.321 e. The molecule has 0 bridgehead atoms. The van der Waals surface area contributed by atoms with Crippen LogP contribution in [0.15, 0.2) is 18.2 Å². The van der Waals surface area contributed by atoms with Gasteiger partial charge < -0.3 is 10.2 Å². The summed E-state index contributed by atoms with van der Waals surface area (Å²) in [6.45, 7) is 2.22. The highest BCUT2D eigenvalue weighted by molar-refractivity contribution is 6.35. The lowest BCUT2D eigenvalue weighted by atomic mass is 10.2. The van der Waals surface area contributed by atoms with E-state index in [1.807, 2.05) is 4.90 Å². The highest BCUT2D eigenvalue weighted by Gasteiger charge is 2.26. The number of hydrogen-bond acceptors (Lipinski definition) is 4. The van der Waals surface area contributed by atoms with Crippen LogP contribution in [0, 0.1) is 0 Å². The average Bonchev–Trinajstić information content (AvgIpc) is 3.37. The van der Waals surface area contributed by atoms with E-state index in [1.54, 1.807) is 23.1 Å². The van der Waals surface area contributed by atoms with Crippen molar-refractivity contribution in [2.45, 2.75) is 18.9 Å². The van der Waals surface area contributed by atoms with Gasteiger partial charge in [0, 0.05) is 47.8 Å². The van der Waals surface area contributed by atoms with Gasteiger partial charge in [0.15, 0.2) is 0 Å². The van der Waals surface area contributed by atoms with Crippen molar-refractivity contribution in [2.24, 2.45) is 0 Å². The lowest BCUT2D eigenvalue weighted by Crippen LogP contribution is -2.52. The Bertz CT molecular complexity index is 696. The average molecular weight is 399 g/mol. The fourth-order valence-corrected chi connectivity index (χ4v) is 3.31. The van der Waals surface area contributed by atoms with Gasteiger partial charge in [0.1, 0.15) is 0 Å². The number of carbonyl (C=O) groups is 3. The summed E-state index contributed by atoms with van der Waals surface area (Å²) in [6, 6.07) is 4.53. The second kappa shape index (κ2) is 8.24. The normalized spacial score (nSPS) is 17.7. The van der Waals surface area contributed by atoms with E-state index < -0.39 is 6.03 Å². The van der Waals surface area contributed by atoms with Gasteiger partial charge in [0.2, 0.25) is 5.91 Å². The molecular weight excluding hydrogens is 379 g/mol. The van der Waals surface area contributed by atoms with Crippen LogP contribution >= 0.6 is 23.2 Å². The fourth-order valence-electron chi connectivity index (χ4n) is 2.79. The zero-order valence-corrected chi connectivity index (χ0v) is 15.6. The first-order valence-electron chi connectivity index (χ1n) is 8.49. The van der Waals surface area contributed by atoms with Crippen LogP contribution < -0.4 is 10.6 Å². The minimum atomic E-state index is -0.441. The minimum absolute atomic E-state index is 0.128. The van der Waals surface area contributed by atoms with Crippen LogP contribution in [0.5, 0.6) is 0 Å². The van der Waals surface area contributed by atoms with Crippen molar-refractivity contribution in [2.75, 3.05) is 32.7 Å². The number of carbonyl (C=O) groups excluding carboxylic acids is 3. The summed E-state index contributed by atoms with van der Waals surface area (Å²) in [7, 11) is 0. The van der Waals surface area contributed by atoms with Crippen LogP contribution in [0.1, 0.15) is 23.2 Å². The molecule has 2 N–H and O–H groups in total. The number of nitrogens with zero attached hydrogens (tertiary/aromatic N) is 2. The van der Waals surface area contributed by atoms with Crippen LogP contribution in [-0.4, -0.2) is 66.4 Å². The van der Waals surface area contributed by atoms with Crippen LogP contribution in [0.4, 0.5) is 4.79 Å². The molecule has 2 aliphatic rings. The van der Waals surface area contributed by atoms with Gasteiger partial charge in [-0.2, -0.15) is 0 Å². The van der Waals surface area contributed by atoms with E-state index in [4.69, 9.17) is 23.2 Å². The minimum Gasteiger partial charge on any atom is -0.336 e. The fraction of sp³-hybridized carbons (Fsp3) is 0.471. The first kappa shape index (κ1) is 18.9. The number of urea groups is 1. The Morgan fingerprint density at radius 2 is 1.62 bits per heavy atom. The first-order chi connectivity index (χ1) is 12.4. The molecular formula is C17H20Cl2N4O3. The lowest BCUT2D eigenvalue weighted by Gasteiger charge is -2.34. The summed E-state index contributed by atoms with van der Waals surface area (Å²) < 4.78 is 0. The summed E-state index contributed by atoms with van der Waals surface area (Å²) in [5, 5.41) is 5.87. The van der Waals surface area contributed by atoms with Gasteiger partial charge in [-0.15, -0.1) is 0 Å². The molecule has 1 aliphatic carbocycles. The standard InChI is InChI=1S/C17H20Cl2N4O3/c18-12-7-11(8-13(19)9-12)16(25)23-5-3-22(4-6-23)10-15(24)21-17(26)20-14-1-2-14/h7-9,14H,1-6,10H2,(H2,20,21,24,26). The van der Waals surface area contributed by atoms with Crippen molar-refractivity contribution < 1.29 is 14.4 Å². The summed E-state index contributed by atoms with van der Waals surface area (Å²) in [6.07, 6.45) is 1.94. The molecule has 2 fully saturated rings. The Morgan fingerprint density at radius 1 is 1.00 bits per heavy atom. The molecule has 9 heteroatoms. The van der Waals surface area contributed by atoms with Gasteiger partial charge in [-0.3, -0.25) is 19.8 Å². The van der Waals surface area contributed by atoms with E-state index in [1.165, 1.54) is 0 Å². The highest BCUT2D eigenvalue weighted by Crippen LogP contribution is 2.21. The van der Waals surface area contributed by atoms with Gasteiger partial charge in [-0.05, 0) is 31.0 Å². The number of halogens is 2. The van der Waals surface area contributed by atoms with Crippen LogP contribution in [0.25, 0.3) is 0 Å². The summed E-state index contributed by atoms with van der Waals surface area (Å²) in [4.78, 5) is 39.6. The third-order valence-electron chi connectivity index (χ3n) is 4.30. The van der Waals surface area contributed by atoms with Gasteiger partial charge in [-0.1, -0.05) is 23.2 Å². The number of imide groups is 1. The van der Waals surface area contributed by atoms with Crippen molar-refractivity contribution in [1.82, 2.24) is 20.4 Å². The van der Waals surface area contributed by atoms with E-state index in [0.717, 1.165) is 12.8 Å². The van der Waals surface area contributed by atoms with Crippen molar-refractivity contribution >= 4 is 41.0 Å². The van der Waals surface area contributed by atoms with Gasteiger partial charge in [0.05, 0.1) is 6.54 Å². The number of nitrogens with one attached hydrogen (secondary N) is 2. The van der Waals surface area contributed by atoms with Crippen LogP contribution in [0.3, 0.4) is 0 Å². The molecule has 1 aromatic rings. The molecule has 0 spiro atoms. The lowest BCUT2D eigenvalue weighted by molar-refractivity contribution is -0.121. The quantitative estimate of drug-likeness (QED) is 0.808. The smallest absolute Gasteiger partial charge is 0.321 e. The Kier molecular flexibility index (Phi) is 6.01. The van der Waals surface area contributed by atoms with Crippen molar-refractivity contribution in [3.05, 3.63) is 33.8 Å². The molecule has 1 saturated carbocycles. The third kappa shape index (κ3) is 5.33. The number of amides is 4. The van der Waals surface area contributed by atoms with E-state index in [2.05, 4.69) is 10.6 Å². The third-order valence-corrected chi connectivity index (χ3v) is 4.74. The molecule has 1 heterocycles. The van der Waals surface area contributed by atoms with E-state index >= 15 is 0 Å². The number of hydrogen-bond donors (Lipinski definition) is 2. The predicted molar refractivity (Wildman–Crippen MR) is 98.5 cm³/mol. The molecule has 0 aromatic heterocycles. The SMILES string of the molecule is O=C(CN1CCN(C(=O)c2cc(Cl)cc(Cl)c2)CC1)NC(=O)NC1CC1. The van der Waals surface area contributed by atoms with Gasteiger partial charge >= 0.3 is 6.03 Å². The maximum atomic E-state index is 12.5. The summed E-state index contributed by atoms with van der Waals surface area (Å²) >= 11 is 11.9. The molecule has 3 rings (SSSR count). The Morgan fingerprint density at radius 3 is 2.19 bits per heavy atom. The van der Waals surface area contributed by atoms with Crippen LogP contribution in [0.2, 0.25) is 10.0 Å². The zero-order chi connectivity index (χ0) is 18.7. The summed E-state index contributed by atoms with van der Waals surface area (Å²) in [5.74, 6) is -0.480. The second-order valence-corrected chi connectivity index (χ2v) is 7.40. The zero-order valence-electron chi connectivity index (χ0n) is 14.1. The van der Waals surface area contributed by atoms with Crippen molar-refractivity contribution in [3.8, 4) is 0 Å². The molecule has 7 nitrogen and oxygen atoms in total. The highest BCUT2D eigenvalue weighted by atomic mass is 35.5. The molecule has 1 aromatic carbocycles. The molecule has 0 atom stereocenters. The molecule has 26 heavy (non-hydrogen) atoms. The first-order valence-corrected chi connectivity index (χ1v) is 9.24. The van der Waals surface area contributed by atoms with Crippen LogP contribution in [-0.2, 0) is 4.79 Å². The number of piperazine rings is 1. The Labute approximate surface area is 161 Å². The molecule has 0 radical (unpaired) electrons. The molecule has 1 saturated heterocycles. The van der Waals surface area contributed by atoms with Crippen molar-refractivity contribution in [1.29, 1.82) is 0 Å².